The van der Waals surface area contributed by atoms with Crippen LogP contribution in [-0.4, -0.2) is 6.29 Å². The third kappa shape index (κ3) is 9.41. The van der Waals surface area contributed by atoms with Crippen molar-refractivity contribution in [2.75, 3.05) is 0 Å². The maximum absolute atomic E-state index is 10.1. The lowest BCUT2D eigenvalue weighted by molar-refractivity contribution is -0.108. The highest BCUT2D eigenvalue weighted by Gasteiger charge is 1.98. The van der Waals surface area contributed by atoms with E-state index in [4.69, 9.17) is 0 Å². The van der Waals surface area contributed by atoms with Gasteiger partial charge in [0.1, 0.15) is 6.29 Å². The van der Waals surface area contributed by atoms with E-state index >= 15 is 0 Å². The molecule has 0 aliphatic rings. The largest absolute Gasteiger partial charge is 0.303 e. The van der Waals surface area contributed by atoms with Crippen molar-refractivity contribution in [1.29, 1.82) is 0 Å². The average Bonchev–Trinajstić information content (AvgIpc) is 1.87. The predicted molar refractivity (Wildman–Crippen MR) is 54.9 cm³/mol. The second-order valence-electron chi connectivity index (χ2n) is 3.37. The topological polar surface area (TPSA) is 17.1 Å². The third-order valence-corrected chi connectivity index (χ3v) is 1.71. The van der Waals surface area contributed by atoms with E-state index < -0.39 is 0 Å². The first kappa shape index (κ1) is 14.0. The van der Waals surface area contributed by atoms with Gasteiger partial charge in [-0.3, -0.25) is 0 Å². The van der Waals surface area contributed by atoms with Gasteiger partial charge in [-0.15, -0.1) is 0 Å². The number of carbonyl (C=O) groups excluding carboxylic acids is 1. The third-order valence-electron chi connectivity index (χ3n) is 1.71. The molecule has 0 aliphatic heterocycles. The molecule has 1 radical (unpaired) electrons. The van der Waals surface area contributed by atoms with E-state index in [0.29, 0.717) is 12.3 Å². The molecule has 0 aromatic heterocycles. The Labute approximate surface area is 76.9 Å². The summed E-state index contributed by atoms with van der Waals surface area (Å²) in [5.41, 5.74) is 1.36. The molecule has 12 heavy (non-hydrogen) atoms. The van der Waals surface area contributed by atoms with Crippen LogP contribution in [0.3, 0.4) is 0 Å². The molecular weight excluding hydrogens is 148 g/mol. The second-order valence-corrected chi connectivity index (χ2v) is 3.37. The molecule has 0 heterocycles. The molecule has 0 spiro atoms. The zero-order chi connectivity index (χ0) is 8.69. The van der Waals surface area contributed by atoms with Crippen molar-refractivity contribution in [3.63, 3.8) is 0 Å². The summed E-state index contributed by atoms with van der Waals surface area (Å²) in [4.78, 5) is 10.1. The van der Waals surface area contributed by atoms with Crippen LogP contribution >= 0.6 is 0 Å². The molecule has 0 saturated heterocycles. The zero-order valence-corrected chi connectivity index (χ0v) is 8.76. The summed E-state index contributed by atoms with van der Waals surface area (Å²) in [5, 5.41) is 0. The van der Waals surface area contributed by atoms with Crippen molar-refractivity contribution in [2.45, 2.75) is 40.0 Å². The van der Waals surface area contributed by atoms with E-state index in [1.54, 1.807) is 0 Å². The van der Waals surface area contributed by atoms with Gasteiger partial charge in [-0.05, 0) is 32.6 Å². The highest BCUT2D eigenvalue weighted by atomic mass is 16.1. The van der Waals surface area contributed by atoms with E-state index in [1.165, 1.54) is 5.57 Å². The molecule has 1 atom stereocenters. The summed E-state index contributed by atoms with van der Waals surface area (Å²) in [7, 11) is 0. The highest BCUT2D eigenvalue weighted by molar-refractivity contribution is 5.49. The van der Waals surface area contributed by atoms with Crippen molar-refractivity contribution in [3.05, 3.63) is 19.1 Å². The van der Waals surface area contributed by atoms with Crippen LogP contribution in [0.5, 0.6) is 0 Å². The number of allylic oxidation sites excluding steroid dienone is 2. The monoisotopic (exact) mass is 169 g/mol. The molecule has 0 bridgehead atoms. The Kier molecular flexibility index (Phi) is 9.90. The maximum atomic E-state index is 10.1. The molecule has 0 amide bonds. The normalized spacial score (nSPS) is 11.2. The number of carbonyl (C=O) groups is 1. The molecule has 71 valence electrons. The molecule has 0 saturated carbocycles. The lowest BCUT2D eigenvalue weighted by atomic mass is 10.0. The molecule has 0 aliphatic carbocycles. The van der Waals surface area contributed by atoms with Crippen molar-refractivity contribution in [2.24, 2.45) is 5.92 Å². The Balaban J connectivity index is 0. The van der Waals surface area contributed by atoms with Gasteiger partial charge in [0.15, 0.2) is 0 Å². The van der Waals surface area contributed by atoms with Crippen LogP contribution in [-0.2, 0) is 4.79 Å². The van der Waals surface area contributed by atoms with Gasteiger partial charge in [0.2, 0.25) is 0 Å². The van der Waals surface area contributed by atoms with E-state index in [2.05, 4.69) is 26.8 Å². The molecule has 1 nitrogen and oxygen atoms in total. The molecule has 1 unspecified atom stereocenters. The molecule has 0 N–H and O–H groups in total. The quantitative estimate of drug-likeness (QED) is 0.455. The highest BCUT2D eigenvalue weighted by Crippen LogP contribution is 2.09. The van der Waals surface area contributed by atoms with Crippen molar-refractivity contribution in [3.8, 4) is 0 Å². The van der Waals surface area contributed by atoms with Crippen LogP contribution in [0.25, 0.3) is 0 Å². The van der Waals surface area contributed by atoms with Gasteiger partial charge in [-0.1, -0.05) is 26.0 Å². The first-order valence-corrected chi connectivity index (χ1v) is 4.23. The SMILES string of the molecule is CC(C)=CCCC(C)CC=O.[CH3]. The minimum Gasteiger partial charge on any atom is -0.303 e. The minimum absolute atomic E-state index is 0. The standard InChI is InChI=1S/C10H18O.CH3/c1-9(2)5-4-6-10(3)7-8-11;/h5,8,10H,4,6-7H2,1-3H3;1H3. The van der Waals surface area contributed by atoms with Gasteiger partial charge < -0.3 is 4.79 Å². The number of rotatable bonds is 5. The predicted octanol–water partition coefficient (Wildman–Crippen LogP) is 3.41. The molecule has 1 heteroatoms. The lowest BCUT2D eigenvalue weighted by Gasteiger charge is -2.03. The van der Waals surface area contributed by atoms with Gasteiger partial charge >= 0.3 is 0 Å². The molecular formula is C11H21O. The Morgan fingerprint density at radius 1 is 1.42 bits per heavy atom. The number of hydrogen-bond acceptors (Lipinski definition) is 1. The average molecular weight is 169 g/mol. The lowest BCUT2D eigenvalue weighted by Crippen LogP contribution is -1.93. The van der Waals surface area contributed by atoms with Crippen LogP contribution in [0.15, 0.2) is 11.6 Å². The van der Waals surface area contributed by atoms with Crippen LogP contribution < -0.4 is 0 Å². The van der Waals surface area contributed by atoms with Crippen molar-refractivity contribution >= 4 is 6.29 Å². The first-order valence-electron chi connectivity index (χ1n) is 4.23. The van der Waals surface area contributed by atoms with E-state index in [9.17, 15) is 4.79 Å². The summed E-state index contributed by atoms with van der Waals surface area (Å²) in [6.45, 7) is 6.32. The Morgan fingerprint density at radius 2 is 2.00 bits per heavy atom. The van der Waals surface area contributed by atoms with Crippen molar-refractivity contribution in [1.82, 2.24) is 0 Å². The summed E-state index contributed by atoms with van der Waals surface area (Å²) in [5.74, 6) is 0.545. The smallest absolute Gasteiger partial charge is 0.120 e. The van der Waals surface area contributed by atoms with Gasteiger partial charge in [0, 0.05) is 6.42 Å². The van der Waals surface area contributed by atoms with Gasteiger partial charge in [-0.2, -0.15) is 0 Å². The first-order chi connectivity index (χ1) is 5.16. The Morgan fingerprint density at radius 3 is 2.42 bits per heavy atom. The Bertz CT molecular complexity index is 132. The molecule has 0 aromatic rings. The minimum atomic E-state index is 0. The van der Waals surface area contributed by atoms with Crippen molar-refractivity contribution < 1.29 is 4.79 Å². The second kappa shape index (κ2) is 8.51. The van der Waals surface area contributed by atoms with Gasteiger partial charge in [-0.25, -0.2) is 0 Å². The van der Waals surface area contributed by atoms with Gasteiger partial charge in [0.05, 0.1) is 0 Å². The maximum Gasteiger partial charge on any atom is 0.120 e. The van der Waals surface area contributed by atoms with Crippen LogP contribution in [0.4, 0.5) is 0 Å². The van der Waals surface area contributed by atoms with E-state index in [0.717, 1.165) is 19.1 Å². The molecule has 0 aromatic carbocycles. The summed E-state index contributed by atoms with van der Waals surface area (Å²) in [6, 6.07) is 0. The number of hydrogen-bond donors (Lipinski definition) is 0. The van der Waals surface area contributed by atoms with Crippen LogP contribution in [0.2, 0.25) is 0 Å². The van der Waals surface area contributed by atoms with E-state index in [1.807, 2.05) is 0 Å². The number of aldehydes is 1. The summed E-state index contributed by atoms with van der Waals surface area (Å²) >= 11 is 0. The zero-order valence-electron chi connectivity index (χ0n) is 8.76. The van der Waals surface area contributed by atoms with Crippen LogP contribution in [0.1, 0.15) is 40.0 Å². The molecule has 0 fully saturated rings. The fourth-order valence-electron chi connectivity index (χ4n) is 0.939. The Hall–Kier alpha value is -0.590. The molecule has 0 rings (SSSR count). The summed E-state index contributed by atoms with van der Waals surface area (Å²) in [6.07, 6.45) is 6.17. The van der Waals surface area contributed by atoms with E-state index in [-0.39, 0.29) is 7.43 Å². The van der Waals surface area contributed by atoms with Crippen LogP contribution in [0, 0.1) is 13.3 Å². The summed E-state index contributed by atoms with van der Waals surface area (Å²) < 4.78 is 0. The fourth-order valence-corrected chi connectivity index (χ4v) is 0.939. The fraction of sp³-hybridized carbons (Fsp3) is 0.636. The van der Waals surface area contributed by atoms with Gasteiger partial charge in [0.25, 0.3) is 0 Å².